The number of aliphatic carboxylic acids is 1. The van der Waals surface area contributed by atoms with E-state index in [2.05, 4.69) is 4.98 Å². The summed E-state index contributed by atoms with van der Waals surface area (Å²) in [6.07, 6.45) is 3.03. The Kier molecular flexibility index (Phi) is 4.60. The summed E-state index contributed by atoms with van der Waals surface area (Å²) in [7, 11) is 0. The van der Waals surface area contributed by atoms with E-state index in [1.807, 2.05) is 4.90 Å². The Bertz CT molecular complexity index is 485. The van der Waals surface area contributed by atoms with Crippen molar-refractivity contribution in [2.75, 3.05) is 24.6 Å². The molecule has 7 nitrogen and oxygen atoms in total. The Morgan fingerprint density at radius 1 is 1.60 bits per heavy atom. The quantitative estimate of drug-likeness (QED) is 0.791. The zero-order chi connectivity index (χ0) is 14.5. The summed E-state index contributed by atoms with van der Waals surface area (Å²) in [6, 6.07) is 0.394. The maximum atomic E-state index is 11.5. The largest absolute Gasteiger partial charge is 0.481 e. The number of hydrogen-bond donors (Lipinski definition) is 1. The molecule has 1 aromatic rings. The molecule has 2 heterocycles. The summed E-state index contributed by atoms with van der Waals surface area (Å²) >= 11 is 0. The van der Waals surface area contributed by atoms with E-state index in [1.54, 1.807) is 6.92 Å². The monoisotopic (exact) mass is 282 g/mol. The number of rotatable bonds is 6. The van der Waals surface area contributed by atoms with Crippen LogP contribution in [0.2, 0.25) is 0 Å². The second kappa shape index (κ2) is 6.40. The first-order valence-electron chi connectivity index (χ1n) is 6.69. The molecule has 7 heteroatoms. The number of hydrogen-bond acceptors (Lipinski definition) is 6. The van der Waals surface area contributed by atoms with Crippen LogP contribution in [0.4, 0.5) is 6.01 Å². The molecular formula is C13H18N2O5. The van der Waals surface area contributed by atoms with E-state index in [4.69, 9.17) is 14.3 Å². The molecule has 1 unspecified atom stereocenters. The molecule has 1 aromatic heterocycles. The van der Waals surface area contributed by atoms with Crippen molar-refractivity contribution >= 4 is 18.0 Å². The Labute approximate surface area is 116 Å². The van der Waals surface area contributed by atoms with E-state index in [0.29, 0.717) is 31.5 Å². The SMILES string of the molecule is CCOC(=O)c1coc(N2CCC(CCC(=O)O)C2)n1. The van der Waals surface area contributed by atoms with Crippen molar-refractivity contribution in [2.45, 2.75) is 26.2 Å². The normalized spacial score (nSPS) is 18.2. The summed E-state index contributed by atoms with van der Waals surface area (Å²) in [5.74, 6) is -0.947. The lowest BCUT2D eigenvalue weighted by Gasteiger charge is -2.12. The van der Waals surface area contributed by atoms with E-state index in [0.717, 1.165) is 13.0 Å². The van der Waals surface area contributed by atoms with E-state index in [9.17, 15) is 9.59 Å². The lowest BCUT2D eigenvalue weighted by molar-refractivity contribution is -0.137. The summed E-state index contributed by atoms with van der Waals surface area (Å²) in [4.78, 5) is 28.1. The summed E-state index contributed by atoms with van der Waals surface area (Å²) < 4.78 is 10.1. The fourth-order valence-electron chi connectivity index (χ4n) is 2.28. The first kappa shape index (κ1) is 14.4. The van der Waals surface area contributed by atoms with Crippen LogP contribution < -0.4 is 4.90 Å². The Balaban J connectivity index is 1.90. The molecule has 1 atom stereocenters. The molecule has 0 bridgehead atoms. The molecule has 0 spiro atoms. The van der Waals surface area contributed by atoms with Crippen molar-refractivity contribution < 1.29 is 23.8 Å². The molecule has 110 valence electrons. The molecule has 1 fully saturated rings. The van der Waals surface area contributed by atoms with Crippen LogP contribution in [0, 0.1) is 5.92 Å². The van der Waals surface area contributed by atoms with Crippen molar-refractivity contribution in [1.82, 2.24) is 4.98 Å². The molecule has 0 radical (unpaired) electrons. The van der Waals surface area contributed by atoms with Crippen LogP contribution >= 0.6 is 0 Å². The van der Waals surface area contributed by atoms with Gasteiger partial charge in [0.05, 0.1) is 6.61 Å². The van der Waals surface area contributed by atoms with Crippen molar-refractivity contribution in [1.29, 1.82) is 0 Å². The highest BCUT2D eigenvalue weighted by Crippen LogP contribution is 2.26. The van der Waals surface area contributed by atoms with Crippen molar-refractivity contribution in [3.8, 4) is 0 Å². The molecule has 0 amide bonds. The third-order valence-corrected chi connectivity index (χ3v) is 3.30. The third kappa shape index (κ3) is 3.49. The van der Waals surface area contributed by atoms with Crippen molar-refractivity contribution in [3.63, 3.8) is 0 Å². The second-order valence-electron chi connectivity index (χ2n) is 4.77. The summed E-state index contributed by atoms with van der Waals surface area (Å²) in [5.41, 5.74) is 0.163. The topological polar surface area (TPSA) is 92.9 Å². The number of carbonyl (C=O) groups excluding carboxylic acids is 1. The fraction of sp³-hybridized carbons (Fsp3) is 0.615. The van der Waals surface area contributed by atoms with Gasteiger partial charge in [0.2, 0.25) is 0 Å². The third-order valence-electron chi connectivity index (χ3n) is 3.30. The molecule has 1 aliphatic rings. The predicted molar refractivity (Wildman–Crippen MR) is 69.6 cm³/mol. The van der Waals surface area contributed by atoms with Crippen LogP contribution in [0.15, 0.2) is 10.7 Å². The molecule has 0 aliphatic carbocycles. The van der Waals surface area contributed by atoms with Crippen molar-refractivity contribution in [3.05, 3.63) is 12.0 Å². The Morgan fingerprint density at radius 2 is 2.40 bits per heavy atom. The first-order chi connectivity index (χ1) is 9.60. The van der Waals surface area contributed by atoms with E-state index < -0.39 is 11.9 Å². The van der Waals surface area contributed by atoms with Gasteiger partial charge < -0.3 is 19.2 Å². The minimum Gasteiger partial charge on any atom is -0.481 e. The van der Waals surface area contributed by atoms with Gasteiger partial charge >= 0.3 is 11.9 Å². The van der Waals surface area contributed by atoms with Gasteiger partial charge in [-0.3, -0.25) is 4.79 Å². The number of aromatic nitrogens is 1. The first-order valence-corrected chi connectivity index (χ1v) is 6.69. The van der Waals surface area contributed by atoms with Crippen LogP contribution in [0.5, 0.6) is 0 Å². The minimum atomic E-state index is -0.774. The van der Waals surface area contributed by atoms with Crippen LogP contribution in [-0.2, 0) is 9.53 Å². The second-order valence-corrected chi connectivity index (χ2v) is 4.77. The van der Waals surface area contributed by atoms with Gasteiger partial charge in [-0.2, -0.15) is 4.98 Å². The molecule has 0 saturated carbocycles. The number of carbonyl (C=O) groups is 2. The lowest BCUT2D eigenvalue weighted by atomic mass is 10.0. The summed E-state index contributed by atoms with van der Waals surface area (Å²) in [5, 5.41) is 8.68. The van der Waals surface area contributed by atoms with E-state index in [1.165, 1.54) is 6.26 Å². The van der Waals surface area contributed by atoms with Gasteiger partial charge in [0.1, 0.15) is 6.26 Å². The number of esters is 1. The van der Waals surface area contributed by atoms with Gasteiger partial charge in [-0.25, -0.2) is 4.79 Å². The molecule has 2 rings (SSSR count). The predicted octanol–water partition coefficient (Wildman–Crippen LogP) is 1.54. The van der Waals surface area contributed by atoms with Crippen LogP contribution in [-0.4, -0.2) is 41.7 Å². The lowest BCUT2D eigenvalue weighted by Crippen LogP contribution is -2.20. The highest BCUT2D eigenvalue weighted by molar-refractivity contribution is 5.87. The number of nitrogens with zero attached hydrogens (tertiary/aromatic N) is 2. The molecule has 20 heavy (non-hydrogen) atoms. The molecule has 1 aliphatic heterocycles. The highest BCUT2D eigenvalue weighted by atomic mass is 16.5. The maximum Gasteiger partial charge on any atom is 0.360 e. The number of ether oxygens (including phenoxy) is 1. The molecule has 1 saturated heterocycles. The summed E-state index contributed by atoms with van der Waals surface area (Å²) in [6.45, 7) is 3.48. The number of oxazole rings is 1. The smallest absolute Gasteiger partial charge is 0.360 e. The molecule has 0 aromatic carbocycles. The number of anilines is 1. The van der Waals surface area contributed by atoms with Gasteiger partial charge in [0.15, 0.2) is 5.69 Å². The van der Waals surface area contributed by atoms with Gasteiger partial charge in [-0.1, -0.05) is 0 Å². The fourth-order valence-corrected chi connectivity index (χ4v) is 2.28. The molecular weight excluding hydrogens is 264 g/mol. The number of carboxylic acids is 1. The standard InChI is InChI=1S/C13H18N2O5/c1-2-19-12(18)10-8-20-13(14-10)15-6-5-9(7-15)3-4-11(16)17/h8-9H,2-7H2,1H3,(H,16,17). The number of carboxylic acid groups (broad SMARTS) is 1. The average molecular weight is 282 g/mol. The van der Waals surface area contributed by atoms with Gasteiger partial charge in [-0.05, 0) is 25.7 Å². The molecule has 1 N–H and O–H groups in total. The maximum absolute atomic E-state index is 11.5. The van der Waals surface area contributed by atoms with Crippen LogP contribution in [0.3, 0.4) is 0 Å². The van der Waals surface area contributed by atoms with Gasteiger partial charge in [0.25, 0.3) is 6.01 Å². The Hall–Kier alpha value is -2.05. The zero-order valence-corrected chi connectivity index (χ0v) is 11.4. The van der Waals surface area contributed by atoms with E-state index >= 15 is 0 Å². The zero-order valence-electron chi connectivity index (χ0n) is 11.4. The van der Waals surface area contributed by atoms with Crippen molar-refractivity contribution in [2.24, 2.45) is 5.92 Å². The van der Waals surface area contributed by atoms with Crippen LogP contribution in [0.1, 0.15) is 36.7 Å². The van der Waals surface area contributed by atoms with Gasteiger partial charge in [-0.15, -0.1) is 0 Å². The highest BCUT2D eigenvalue weighted by Gasteiger charge is 2.27. The Morgan fingerprint density at radius 3 is 3.10 bits per heavy atom. The van der Waals surface area contributed by atoms with E-state index in [-0.39, 0.29) is 12.1 Å². The minimum absolute atomic E-state index is 0.163. The van der Waals surface area contributed by atoms with Gasteiger partial charge in [0, 0.05) is 19.5 Å². The van der Waals surface area contributed by atoms with Crippen LogP contribution in [0.25, 0.3) is 0 Å². The average Bonchev–Trinajstić information content (AvgIpc) is 3.05.